The standard InChI is InChI=1S/C30H48O10/c1-14(4-7-21(33)39-28-25(36)23(34)24(35)26(40-28)27(37)38)17-5-6-18-22-19(9-11-30(17,18)3)29(2)10-8-16(31)12-15(29)13-20(22)32/h14-20,22-26,28,31-32,34-36H,4-13H2,1-3H3,(H,37,38)/t14?,15?,16?,17?,18?,19?,20?,22?,23?,24?,25?,26?,28?,29-,30+/m0/s1. The third-order valence-corrected chi connectivity index (χ3v) is 12.3. The summed E-state index contributed by atoms with van der Waals surface area (Å²) < 4.78 is 10.3. The topological polar surface area (TPSA) is 174 Å². The molecule has 228 valence electrons. The van der Waals surface area contributed by atoms with E-state index < -0.39 is 42.6 Å². The van der Waals surface area contributed by atoms with Crippen molar-refractivity contribution in [2.75, 3.05) is 0 Å². The normalized spacial score (nSPS) is 51.2. The molecule has 0 bridgehead atoms. The van der Waals surface area contributed by atoms with Crippen LogP contribution >= 0.6 is 0 Å². The van der Waals surface area contributed by atoms with Crippen LogP contribution in [0.3, 0.4) is 0 Å². The molecule has 10 nitrogen and oxygen atoms in total. The maximum absolute atomic E-state index is 12.7. The lowest BCUT2D eigenvalue weighted by molar-refractivity contribution is -0.286. The second kappa shape index (κ2) is 11.1. The fourth-order valence-electron chi connectivity index (χ4n) is 10.1. The predicted octanol–water partition coefficient (Wildman–Crippen LogP) is 1.83. The Kier molecular flexibility index (Phi) is 8.36. The van der Waals surface area contributed by atoms with Crippen molar-refractivity contribution in [2.24, 2.45) is 46.3 Å². The van der Waals surface area contributed by atoms with E-state index in [9.17, 15) is 40.2 Å². The zero-order chi connectivity index (χ0) is 29.1. The maximum atomic E-state index is 12.7. The third kappa shape index (κ3) is 5.00. The van der Waals surface area contributed by atoms with Crippen LogP contribution in [0.2, 0.25) is 0 Å². The Balaban J connectivity index is 1.20. The highest BCUT2D eigenvalue weighted by atomic mass is 16.7. The highest BCUT2D eigenvalue weighted by Gasteiger charge is 2.63. The van der Waals surface area contributed by atoms with Gasteiger partial charge in [0.15, 0.2) is 6.10 Å². The fraction of sp³-hybridized carbons (Fsp3) is 0.933. The number of fused-ring (bicyclic) bond motifs is 5. The summed E-state index contributed by atoms with van der Waals surface area (Å²) in [5, 5.41) is 60.9. The van der Waals surface area contributed by atoms with Gasteiger partial charge in [-0.15, -0.1) is 0 Å². The molecule has 0 aromatic carbocycles. The molecule has 6 N–H and O–H groups in total. The van der Waals surface area contributed by atoms with Gasteiger partial charge < -0.3 is 40.1 Å². The van der Waals surface area contributed by atoms with Crippen molar-refractivity contribution in [3.63, 3.8) is 0 Å². The Morgan fingerprint density at radius 3 is 2.27 bits per heavy atom. The molecule has 4 aliphatic carbocycles. The fourth-order valence-corrected chi connectivity index (χ4v) is 10.1. The SMILES string of the molecule is CC(CCC(=O)OC1OC(C(=O)O)C(O)C(O)C1O)C1CCC2C3C(O)CC4CC(O)CC[C@]4(C)C3CC[C@]12C. The van der Waals surface area contributed by atoms with E-state index in [1.807, 2.05) is 0 Å². The van der Waals surface area contributed by atoms with Gasteiger partial charge in [0.1, 0.15) is 18.3 Å². The van der Waals surface area contributed by atoms with E-state index in [-0.39, 0.29) is 41.3 Å². The summed E-state index contributed by atoms with van der Waals surface area (Å²) in [5.41, 5.74) is 0.243. The lowest BCUT2D eigenvalue weighted by atomic mass is 9.43. The lowest BCUT2D eigenvalue weighted by Crippen LogP contribution is -2.60. The number of aliphatic hydroxyl groups excluding tert-OH is 5. The Bertz CT molecular complexity index is 959. The molecule has 5 rings (SSSR count). The van der Waals surface area contributed by atoms with Gasteiger partial charge in [0.05, 0.1) is 12.2 Å². The number of esters is 1. The van der Waals surface area contributed by atoms with Gasteiger partial charge in [-0.25, -0.2) is 4.79 Å². The Morgan fingerprint density at radius 2 is 1.57 bits per heavy atom. The van der Waals surface area contributed by atoms with E-state index in [0.717, 1.165) is 51.4 Å². The van der Waals surface area contributed by atoms with Crippen LogP contribution in [0.5, 0.6) is 0 Å². The molecule has 0 aromatic rings. The minimum atomic E-state index is -1.84. The van der Waals surface area contributed by atoms with Crippen molar-refractivity contribution >= 4 is 11.9 Å². The first-order chi connectivity index (χ1) is 18.8. The van der Waals surface area contributed by atoms with Gasteiger partial charge in [0.2, 0.25) is 6.29 Å². The first kappa shape index (κ1) is 30.2. The molecule has 1 saturated heterocycles. The molecule has 0 spiro atoms. The number of carbonyl (C=O) groups excluding carboxylic acids is 1. The summed E-state index contributed by atoms with van der Waals surface area (Å²) in [6.45, 7) is 6.93. The van der Waals surface area contributed by atoms with Crippen LogP contribution in [0.4, 0.5) is 0 Å². The summed E-state index contributed by atoms with van der Waals surface area (Å²) in [5.74, 6) is -0.0366. The van der Waals surface area contributed by atoms with E-state index in [4.69, 9.17) is 9.47 Å². The smallest absolute Gasteiger partial charge is 0.335 e. The van der Waals surface area contributed by atoms with Crippen molar-refractivity contribution in [2.45, 2.75) is 128 Å². The number of hydrogen-bond acceptors (Lipinski definition) is 9. The van der Waals surface area contributed by atoms with Gasteiger partial charge in [0.25, 0.3) is 0 Å². The molecular formula is C30H48O10. The van der Waals surface area contributed by atoms with E-state index in [1.54, 1.807) is 0 Å². The van der Waals surface area contributed by atoms with Crippen molar-refractivity contribution in [3.8, 4) is 0 Å². The second-order valence-corrected chi connectivity index (χ2v) is 14.2. The third-order valence-electron chi connectivity index (χ3n) is 12.3. The van der Waals surface area contributed by atoms with Crippen molar-refractivity contribution in [1.29, 1.82) is 0 Å². The predicted molar refractivity (Wildman–Crippen MR) is 141 cm³/mol. The van der Waals surface area contributed by atoms with Gasteiger partial charge in [0, 0.05) is 6.42 Å². The second-order valence-electron chi connectivity index (χ2n) is 14.2. The first-order valence-electron chi connectivity index (χ1n) is 15.3. The minimum Gasteiger partial charge on any atom is -0.479 e. The van der Waals surface area contributed by atoms with Gasteiger partial charge >= 0.3 is 11.9 Å². The van der Waals surface area contributed by atoms with Gasteiger partial charge in [-0.1, -0.05) is 20.8 Å². The number of carboxylic acids is 1. The number of aliphatic hydroxyl groups is 5. The summed E-state index contributed by atoms with van der Waals surface area (Å²) in [6.07, 6.45) is -1.15. The van der Waals surface area contributed by atoms with E-state index >= 15 is 0 Å². The number of aliphatic carboxylic acids is 1. The molecule has 1 aliphatic heterocycles. The number of ether oxygens (including phenoxy) is 2. The molecule has 0 amide bonds. The molecule has 5 aliphatic rings. The minimum absolute atomic E-state index is 0.0537. The molecule has 13 unspecified atom stereocenters. The monoisotopic (exact) mass is 568 g/mol. The van der Waals surface area contributed by atoms with E-state index in [1.165, 1.54) is 0 Å². The number of carboxylic acid groups (broad SMARTS) is 1. The van der Waals surface area contributed by atoms with Crippen molar-refractivity contribution < 1.29 is 49.7 Å². The van der Waals surface area contributed by atoms with E-state index in [0.29, 0.717) is 30.1 Å². The molecule has 4 saturated carbocycles. The van der Waals surface area contributed by atoms with Crippen LogP contribution in [0.25, 0.3) is 0 Å². The van der Waals surface area contributed by atoms with E-state index in [2.05, 4.69) is 20.8 Å². The first-order valence-corrected chi connectivity index (χ1v) is 15.3. The zero-order valence-electron chi connectivity index (χ0n) is 23.9. The number of carbonyl (C=O) groups is 2. The Morgan fingerprint density at radius 1 is 0.900 bits per heavy atom. The average molecular weight is 569 g/mol. The van der Waals surface area contributed by atoms with Gasteiger partial charge in [-0.2, -0.15) is 0 Å². The largest absolute Gasteiger partial charge is 0.479 e. The van der Waals surface area contributed by atoms with Crippen molar-refractivity contribution in [3.05, 3.63) is 0 Å². The van der Waals surface area contributed by atoms with Crippen LogP contribution in [0, 0.1) is 46.3 Å². The zero-order valence-corrected chi connectivity index (χ0v) is 23.9. The van der Waals surface area contributed by atoms with Gasteiger partial charge in [-0.05, 0) is 104 Å². The molecule has 40 heavy (non-hydrogen) atoms. The average Bonchev–Trinajstić information content (AvgIpc) is 3.25. The van der Waals surface area contributed by atoms with Crippen LogP contribution in [-0.2, 0) is 19.1 Å². The Labute approximate surface area is 236 Å². The molecule has 0 radical (unpaired) electrons. The van der Waals surface area contributed by atoms with Crippen molar-refractivity contribution in [1.82, 2.24) is 0 Å². The molecular weight excluding hydrogens is 520 g/mol. The van der Waals surface area contributed by atoms with Gasteiger partial charge in [-0.3, -0.25) is 4.79 Å². The molecule has 1 heterocycles. The summed E-state index contributed by atoms with van der Waals surface area (Å²) in [4.78, 5) is 24.0. The van der Waals surface area contributed by atoms with Crippen LogP contribution in [0.1, 0.15) is 85.0 Å². The Hall–Kier alpha value is -1.30. The molecule has 15 atom stereocenters. The lowest BCUT2D eigenvalue weighted by Gasteiger charge is -2.62. The number of hydrogen-bond donors (Lipinski definition) is 6. The molecule has 0 aromatic heterocycles. The summed E-state index contributed by atoms with van der Waals surface area (Å²) >= 11 is 0. The highest BCUT2D eigenvalue weighted by molar-refractivity contribution is 5.73. The quantitative estimate of drug-likeness (QED) is 0.259. The molecule has 5 fully saturated rings. The van der Waals surface area contributed by atoms with Crippen LogP contribution in [-0.4, -0.2) is 85.5 Å². The number of rotatable bonds is 6. The van der Waals surface area contributed by atoms with Crippen LogP contribution in [0.15, 0.2) is 0 Å². The highest BCUT2D eigenvalue weighted by Crippen LogP contribution is 2.68. The summed E-state index contributed by atoms with van der Waals surface area (Å²) in [7, 11) is 0. The maximum Gasteiger partial charge on any atom is 0.335 e. The summed E-state index contributed by atoms with van der Waals surface area (Å²) in [6, 6.07) is 0. The molecule has 10 heteroatoms. The van der Waals surface area contributed by atoms with Crippen LogP contribution < -0.4 is 0 Å².